The normalized spacial score (nSPS) is 19.3. The standard InChI is InChI=1S/C32H29FN4O5S/c33-22-9-11-23(12-10-22)37-32-29(30(35-37)20-5-2-1-3-6-20)31(21-8-13-25-26(15-21)42-19-41-25)43-18-28(39)36(32)17-27(38)34-16-24-7-4-14-40-24/h1-3,5-6,8-13,15,24,31H,4,7,14,16-19H2,(H,34,38)/t24-,31+/m1/s1. The Morgan fingerprint density at radius 3 is 2.65 bits per heavy atom. The number of hydrogen-bond donors (Lipinski definition) is 1. The van der Waals surface area contributed by atoms with Gasteiger partial charge in [0.2, 0.25) is 18.6 Å². The molecule has 1 saturated heterocycles. The number of ether oxygens (including phenoxy) is 3. The van der Waals surface area contributed by atoms with Crippen LogP contribution in [0.4, 0.5) is 10.2 Å². The molecule has 3 aromatic carbocycles. The van der Waals surface area contributed by atoms with Gasteiger partial charge in [-0.25, -0.2) is 9.07 Å². The van der Waals surface area contributed by atoms with Gasteiger partial charge in [0.05, 0.1) is 28.5 Å². The van der Waals surface area contributed by atoms with Crippen LogP contribution in [-0.2, 0) is 14.3 Å². The van der Waals surface area contributed by atoms with Gasteiger partial charge >= 0.3 is 0 Å². The first-order valence-electron chi connectivity index (χ1n) is 14.2. The van der Waals surface area contributed by atoms with Crippen LogP contribution in [0.5, 0.6) is 11.5 Å². The number of carbonyl (C=O) groups excluding carboxylic acids is 2. The molecule has 1 N–H and O–H groups in total. The summed E-state index contributed by atoms with van der Waals surface area (Å²) in [5.74, 6) is 0.973. The highest BCUT2D eigenvalue weighted by Crippen LogP contribution is 2.50. The monoisotopic (exact) mass is 600 g/mol. The van der Waals surface area contributed by atoms with Gasteiger partial charge in [-0.3, -0.25) is 14.5 Å². The summed E-state index contributed by atoms with van der Waals surface area (Å²) in [4.78, 5) is 28.7. The summed E-state index contributed by atoms with van der Waals surface area (Å²) in [6.07, 6.45) is 1.82. The first kappa shape index (κ1) is 27.5. The lowest BCUT2D eigenvalue weighted by Crippen LogP contribution is -2.44. The van der Waals surface area contributed by atoms with E-state index in [4.69, 9.17) is 19.3 Å². The highest BCUT2D eigenvalue weighted by atomic mass is 32.2. The number of thioether (sulfide) groups is 1. The number of halogens is 1. The first-order chi connectivity index (χ1) is 21.0. The van der Waals surface area contributed by atoms with Crippen LogP contribution in [0.3, 0.4) is 0 Å². The Morgan fingerprint density at radius 2 is 1.86 bits per heavy atom. The molecule has 2 atom stereocenters. The predicted molar refractivity (Wildman–Crippen MR) is 160 cm³/mol. The van der Waals surface area contributed by atoms with Crippen LogP contribution in [-0.4, -0.2) is 59.9 Å². The lowest BCUT2D eigenvalue weighted by Gasteiger charge is -2.23. The zero-order valence-corrected chi connectivity index (χ0v) is 24.0. The molecule has 4 aromatic rings. The molecule has 2 amide bonds. The summed E-state index contributed by atoms with van der Waals surface area (Å²) in [6.45, 7) is 1.02. The van der Waals surface area contributed by atoms with Crippen molar-refractivity contribution in [3.05, 3.63) is 89.7 Å². The molecule has 0 saturated carbocycles. The number of fused-ring (bicyclic) bond motifs is 2. The number of nitrogens with one attached hydrogen (secondary N) is 1. The van der Waals surface area contributed by atoms with E-state index in [2.05, 4.69) is 5.32 Å². The second-order valence-electron chi connectivity index (χ2n) is 10.6. The third-order valence-corrected chi connectivity index (χ3v) is 9.01. The maximum absolute atomic E-state index is 14.0. The molecule has 1 fully saturated rings. The SMILES string of the molecule is O=C(CN1C(=O)CS[C@@H](c2ccc3c(c2)OCO3)c2c(-c3ccccc3)nn(-c3ccc(F)cc3)c21)NC[C@H]1CCCO1. The summed E-state index contributed by atoms with van der Waals surface area (Å²) in [7, 11) is 0. The number of benzene rings is 3. The van der Waals surface area contributed by atoms with Crippen LogP contribution < -0.4 is 19.7 Å². The third kappa shape index (κ3) is 5.46. The van der Waals surface area contributed by atoms with Crippen LogP contribution in [0.2, 0.25) is 0 Å². The van der Waals surface area contributed by atoms with Crippen molar-refractivity contribution in [1.29, 1.82) is 0 Å². The van der Waals surface area contributed by atoms with E-state index in [9.17, 15) is 14.0 Å². The van der Waals surface area contributed by atoms with Gasteiger partial charge in [0.25, 0.3) is 0 Å². The van der Waals surface area contributed by atoms with Crippen LogP contribution in [0.1, 0.15) is 29.2 Å². The van der Waals surface area contributed by atoms with Crippen molar-refractivity contribution in [3.63, 3.8) is 0 Å². The zero-order valence-electron chi connectivity index (χ0n) is 23.2. The Kier molecular flexibility index (Phi) is 7.50. The van der Waals surface area contributed by atoms with Crippen molar-refractivity contribution < 1.29 is 28.2 Å². The van der Waals surface area contributed by atoms with Crippen LogP contribution in [0.15, 0.2) is 72.8 Å². The first-order valence-corrected chi connectivity index (χ1v) is 15.2. The molecule has 43 heavy (non-hydrogen) atoms. The molecule has 3 aliphatic rings. The molecule has 0 radical (unpaired) electrons. The molecule has 0 bridgehead atoms. The minimum Gasteiger partial charge on any atom is -0.454 e. The number of hydrogen-bond acceptors (Lipinski definition) is 7. The zero-order chi connectivity index (χ0) is 29.3. The Hall–Kier alpha value is -4.35. The number of anilines is 1. The van der Waals surface area contributed by atoms with E-state index in [0.29, 0.717) is 41.8 Å². The molecule has 0 spiro atoms. The van der Waals surface area contributed by atoms with Crippen molar-refractivity contribution in [2.45, 2.75) is 24.2 Å². The minimum atomic E-state index is -0.388. The van der Waals surface area contributed by atoms with E-state index in [0.717, 1.165) is 29.5 Å². The Bertz CT molecular complexity index is 1660. The quantitative estimate of drug-likeness (QED) is 0.324. The van der Waals surface area contributed by atoms with Gasteiger partial charge in [0.15, 0.2) is 11.5 Å². The number of amides is 2. The van der Waals surface area contributed by atoms with Crippen molar-refractivity contribution in [1.82, 2.24) is 15.1 Å². The lowest BCUT2D eigenvalue weighted by molar-refractivity contribution is -0.123. The highest BCUT2D eigenvalue weighted by Gasteiger charge is 2.38. The molecule has 220 valence electrons. The van der Waals surface area contributed by atoms with Crippen LogP contribution in [0, 0.1) is 5.82 Å². The lowest BCUT2D eigenvalue weighted by atomic mass is 9.99. The molecule has 4 heterocycles. The van der Waals surface area contributed by atoms with E-state index in [1.807, 2.05) is 48.5 Å². The topological polar surface area (TPSA) is 94.9 Å². The van der Waals surface area contributed by atoms with E-state index < -0.39 is 0 Å². The summed E-state index contributed by atoms with van der Waals surface area (Å²) in [5, 5.41) is 7.64. The van der Waals surface area contributed by atoms with Gasteiger partial charge < -0.3 is 19.5 Å². The molecular weight excluding hydrogens is 571 g/mol. The molecule has 11 heteroatoms. The van der Waals surface area contributed by atoms with E-state index in [1.165, 1.54) is 28.8 Å². The van der Waals surface area contributed by atoms with Gasteiger partial charge in [-0.05, 0) is 54.8 Å². The smallest absolute Gasteiger partial charge is 0.240 e. The molecular formula is C32H29FN4O5S. The van der Waals surface area contributed by atoms with Crippen LogP contribution >= 0.6 is 11.8 Å². The average molecular weight is 601 g/mol. The average Bonchev–Trinajstić information content (AvgIpc) is 3.79. The fourth-order valence-corrected chi connectivity index (χ4v) is 6.85. The molecule has 7 rings (SSSR count). The highest BCUT2D eigenvalue weighted by molar-refractivity contribution is 8.00. The molecule has 1 aromatic heterocycles. The number of aromatic nitrogens is 2. The number of carbonyl (C=O) groups is 2. The molecule has 0 unspecified atom stereocenters. The second-order valence-corrected chi connectivity index (χ2v) is 11.7. The van der Waals surface area contributed by atoms with Gasteiger partial charge in [-0.15, -0.1) is 11.8 Å². The fourth-order valence-electron chi connectivity index (χ4n) is 5.66. The predicted octanol–water partition coefficient (Wildman–Crippen LogP) is 4.87. The van der Waals surface area contributed by atoms with E-state index in [-0.39, 0.29) is 48.1 Å². The van der Waals surface area contributed by atoms with Crippen LogP contribution in [0.25, 0.3) is 16.9 Å². The van der Waals surface area contributed by atoms with Gasteiger partial charge in [0.1, 0.15) is 18.2 Å². The maximum Gasteiger partial charge on any atom is 0.240 e. The van der Waals surface area contributed by atoms with E-state index in [1.54, 1.807) is 16.8 Å². The number of rotatable bonds is 7. The summed E-state index contributed by atoms with van der Waals surface area (Å²) in [6, 6.07) is 21.4. The number of nitrogens with zero attached hydrogens (tertiary/aromatic N) is 3. The second kappa shape index (κ2) is 11.7. The third-order valence-electron chi connectivity index (χ3n) is 7.76. The van der Waals surface area contributed by atoms with Crippen molar-refractivity contribution in [2.75, 3.05) is 37.1 Å². The largest absolute Gasteiger partial charge is 0.454 e. The van der Waals surface area contributed by atoms with Crippen molar-refractivity contribution in [3.8, 4) is 28.4 Å². The fraction of sp³-hybridized carbons (Fsp3) is 0.281. The van der Waals surface area contributed by atoms with Gasteiger partial charge in [-0.1, -0.05) is 36.4 Å². The molecule has 3 aliphatic heterocycles. The molecule has 0 aliphatic carbocycles. The molecule has 9 nitrogen and oxygen atoms in total. The summed E-state index contributed by atoms with van der Waals surface area (Å²) >= 11 is 1.47. The van der Waals surface area contributed by atoms with Gasteiger partial charge in [0, 0.05) is 24.3 Å². The van der Waals surface area contributed by atoms with Crippen molar-refractivity contribution in [2.24, 2.45) is 0 Å². The summed E-state index contributed by atoms with van der Waals surface area (Å²) < 4.78 is 32.5. The Labute approximate surface area is 251 Å². The summed E-state index contributed by atoms with van der Waals surface area (Å²) in [5.41, 5.74) is 3.76. The maximum atomic E-state index is 14.0. The van der Waals surface area contributed by atoms with Crippen molar-refractivity contribution >= 4 is 29.4 Å². The van der Waals surface area contributed by atoms with E-state index >= 15 is 0 Å². The van der Waals surface area contributed by atoms with Gasteiger partial charge in [-0.2, -0.15) is 5.10 Å². The minimum absolute atomic E-state index is 0.0280. The Balaban J connectivity index is 1.38. The Morgan fingerprint density at radius 1 is 1.05 bits per heavy atom.